The predicted molar refractivity (Wildman–Crippen MR) is 85.3 cm³/mol. The highest BCUT2D eigenvalue weighted by Gasteiger charge is 2.15. The van der Waals surface area contributed by atoms with Gasteiger partial charge in [0.1, 0.15) is 0 Å². The molecule has 0 saturated carbocycles. The molecule has 0 bridgehead atoms. The van der Waals surface area contributed by atoms with Crippen molar-refractivity contribution < 1.29 is 4.79 Å². The number of nitrogens with zero attached hydrogens (tertiary/aromatic N) is 1. The predicted octanol–water partition coefficient (Wildman–Crippen LogP) is 4.04. The van der Waals surface area contributed by atoms with Gasteiger partial charge < -0.3 is 10.2 Å². The van der Waals surface area contributed by atoms with E-state index in [1.165, 1.54) is 22.6 Å². The molecule has 0 atom stereocenters. The van der Waals surface area contributed by atoms with E-state index in [0.29, 0.717) is 9.21 Å². The van der Waals surface area contributed by atoms with Gasteiger partial charge in [0.2, 0.25) is 0 Å². The second-order valence-corrected chi connectivity index (χ2v) is 6.64. The number of amides is 1. The van der Waals surface area contributed by atoms with Gasteiger partial charge in [-0.05, 0) is 48.7 Å². The van der Waals surface area contributed by atoms with Gasteiger partial charge in [0.25, 0.3) is 5.91 Å². The number of aryl methyl sites for hydroxylation is 1. The molecule has 1 aliphatic rings. The molecule has 104 valence electrons. The van der Waals surface area contributed by atoms with Gasteiger partial charge in [-0.3, -0.25) is 4.79 Å². The Kier molecular flexibility index (Phi) is 3.68. The highest BCUT2D eigenvalue weighted by Crippen LogP contribution is 2.29. The molecule has 0 aliphatic carbocycles. The van der Waals surface area contributed by atoms with Gasteiger partial charge in [-0.15, -0.1) is 11.3 Å². The Morgan fingerprint density at radius 1 is 1.35 bits per heavy atom. The summed E-state index contributed by atoms with van der Waals surface area (Å²) in [4.78, 5) is 15.0. The number of hydrogen-bond donors (Lipinski definition) is 1. The van der Waals surface area contributed by atoms with Gasteiger partial charge in [-0.1, -0.05) is 11.6 Å². The van der Waals surface area contributed by atoms with Crippen molar-refractivity contribution in [3.05, 3.63) is 45.1 Å². The molecule has 2 heterocycles. The van der Waals surface area contributed by atoms with Crippen LogP contribution in [0.15, 0.2) is 30.3 Å². The summed E-state index contributed by atoms with van der Waals surface area (Å²) in [6.45, 7) is 1.09. The molecule has 3 rings (SSSR count). The van der Waals surface area contributed by atoms with E-state index in [1.807, 2.05) is 6.07 Å². The molecule has 3 nitrogen and oxygen atoms in total. The van der Waals surface area contributed by atoms with Crippen LogP contribution >= 0.6 is 22.9 Å². The number of halogens is 1. The topological polar surface area (TPSA) is 32.3 Å². The molecule has 1 aliphatic heterocycles. The molecule has 5 heteroatoms. The lowest BCUT2D eigenvalue weighted by Gasteiger charge is -2.27. The highest BCUT2D eigenvalue weighted by molar-refractivity contribution is 7.18. The monoisotopic (exact) mass is 306 g/mol. The molecule has 1 aromatic carbocycles. The van der Waals surface area contributed by atoms with Crippen molar-refractivity contribution in [3.63, 3.8) is 0 Å². The zero-order valence-corrected chi connectivity index (χ0v) is 12.7. The van der Waals surface area contributed by atoms with Crippen molar-refractivity contribution in [1.82, 2.24) is 0 Å². The zero-order valence-electron chi connectivity index (χ0n) is 11.1. The quantitative estimate of drug-likeness (QED) is 0.908. The van der Waals surface area contributed by atoms with Gasteiger partial charge in [0.15, 0.2) is 0 Å². The number of carbonyl (C=O) groups is 1. The van der Waals surface area contributed by atoms with E-state index in [2.05, 4.69) is 29.4 Å². The smallest absolute Gasteiger partial charge is 0.265 e. The Labute approximate surface area is 127 Å². The van der Waals surface area contributed by atoms with Crippen molar-refractivity contribution in [3.8, 4) is 0 Å². The lowest BCUT2D eigenvalue weighted by Crippen LogP contribution is -2.24. The number of fused-ring (bicyclic) bond motifs is 1. The average molecular weight is 307 g/mol. The van der Waals surface area contributed by atoms with Gasteiger partial charge in [-0.2, -0.15) is 0 Å². The maximum atomic E-state index is 12.1. The first-order valence-electron chi connectivity index (χ1n) is 6.54. The van der Waals surface area contributed by atoms with Crippen LogP contribution in [0.4, 0.5) is 11.4 Å². The molecule has 0 spiro atoms. The first-order valence-corrected chi connectivity index (χ1v) is 7.74. The molecule has 0 radical (unpaired) electrons. The summed E-state index contributed by atoms with van der Waals surface area (Å²) in [7, 11) is 2.10. The van der Waals surface area contributed by atoms with Crippen LogP contribution in [0.25, 0.3) is 0 Å². The van der Waals surface area contributed by atoms with Crippen LogP contribution < -0.4 is 10.2 Å². The Morgan fingerprint density at radius 2 is 2.20 bits per heavy atom. The third kappa shape index (κ3) is 2.67. The first kappa shape index (κ1) is 13.5. The number of rotatable bonds is 2. The zero-order chi connectivity index (χ0) is 14.1. The average Bonchev–Trinajstić information content (AvgIpc) is 2.86. The van der Waals surface area contributed by atoms with E-state index >= 15 is 0 Å². The summed E-state index contributed by atoms with van der Waals surface area (Å²) in [5.74, 6) is -0.106. The van der Waals surface area contributed by atoms with Crippen LogP contribution in [0.3, 0.4) is 0 Å². The number of thiophene rings is 1. The van der Waals surface area contributed by atoms with E-state index in [0.717, 1.165) is 25.1 Å². The maximum absolute atomic E-state index is 12.1. The second kappa shape index (κ2) is 5.46. The van der Waals surface area contributed by atoms with Gasteiger partial charge in [-0.25, -0.2) is 0 Å². The molecular formula is C15H15ClN2OS. The third-order valence-corrected chi connectivity index (χ3v) is 4.72. The summed E-state index contributed by atoms with van der Waals surface area (Å²) >= 11 is 7.14. The van der Waals surface area contributed by atoms with Crippen LogP contribution in [0.5, 0.6) is 0 Å². The maximum Gasteiger partial charge on any atom is 0.265 e. The molecule has 1 aromatic heterocycles. The number of benzene rings is 1. The molecule has 0 unspecified atom stereocenters. The molecule has 0 fully saturated rings. The van der Waals surface area contributed by atoms with Crippen LogP contribution in [0, 0.1) is 0 Å². The van der Waals surface area contributed by atoms with E-state index in [1.54, 1.807) is 12.1 Å². The summed E-state index contributed by atoms with van der Waals surface area (Å²) in [6.07, 6.45) is 2.22. The molecular weight excluding hydrogens is 292 g/mol. The molecule has 0 saturated heterocycles. The largest absolute Gasteiger partial charge is 0.374 e. The fraction of sp³-hybridized carbons (Fsp3) is 0.267. The minimum atomic E-state index is -0.106. The van der Waals surface area contributed by atoms with Gasteiger partial charge in [0.05, 0.1) is 9.21 Å². The normalized spacial score (nSPS) is 14.0. The summed E-state index contributed by atoms with van der Waals surface area (Å²) in [5.41, 5.74) is 3.39. The Balaban J connectivity index is 1.80. The van der Waals surface area contributed by atoms with E-state index < -0.39 is 0 Å². The molecule has 20 heavy (non-hydrogen) atoms. The molecule has 1 N–H and O–H groups in total. The van der Waals surface area contributed by atoms with Crippen LogP contribution in [-0.2, 0) is 6.42 Å². The number of anilines is 2. The molecule has 2 aromatic rings. The first-order chi connectivity index (χ1) is 9.63. The van der Waals surface area contributed by atoms with Crippen LogP contribution in [-0.4, -0.2) is 19.5 Å². The summed E-state index contributed by atoms with van der Waals surface area (Å²) in [5, 5.41) is 2.93. The fourth-order valence-corrected chi connectivity index (χ4v) is 3.43. The molecule has 1 amide bonds. The Hall–Kier alpha value is -1.52. The van der Waals surface area contributed by atoms with Crippen molar-refractivity contribution >= 4 is 40.2 Å². The Morgan fingerprint density at radius 3 is 2.95 bits per heavy atom. The highest BCUT2D eigenvalue weighted by atomic mass is 35.5. The number of hydrogen-bond acceptors (Lipinski definition) is 3. The van der Waals surface area contributed by atoms with Gasteiger partial charge >= 0.3 is 0 Å². The van der Waals surface area contributed by atoms with Crippen molar-refractivity contribution in [2.24, 2.45) is 0 Å². The lowest BCUT2D eigenvalue weighted by atomic mass is 10.0. The van der Waals surface area contributed by atoms with Crippen LogP contribution in [0.1, 0.15) is 21.7 Å². The number of nitrogens with one attached hydrogen (secondary N) is 1. The third-order valence-electron chi connectivity index (χ3n) is 3.49. The van der Waals surface area contributed by atoms with Crippen molar-refractivity contribution in [1.29, 1.82) is 0 Å². The van der Waals surface area contributed by atoms with E-state index in [9.17, 15) is 4.79 Å². The van der Waals surface area contributed by atoms with Crippen molar-refractivity contribution in [2.75, 3.05) is 23.8 Å². The van der Waals surface area contributed by atoms with Crippen molar-refractivity contribution in [2.45, 2.75) is 12.8 Å². The lowest BCUT2D eigenvalue weighted by molar-refractivity contribution is 0.103. The SMILES string of the molecule is CN1CCCc2cc(NC(=O)c3ccc(Cl)s3)ccc21. The van der Waals surface area contributed by atoms with E-state index in [4.69, 9.17) is 11.6 Å². The minimum Gasteiger partial charge on any atom is -0.374 e. The fourth-order valence-electron chi connectivity index (χ4n) is 2.49. The summed E-state index contributed by atoms with van der Waals surface area (Å²) in [6, 6.07) is 9.58. The van der Waals surface area contributed by atoms with Gasteiger partial charge in [0, 0.05) is 25.0 Å². The minimum absolute atomic E-state index is 0.106. The van der Waals surface area contributed by atoms with E-state index in [-0.39, 0.29) is 5.91 Å². The summed E-state index contributed by atoms with van der Waals surface area (Å²) < 4.78 is 0.627. The second-order valence-electron chi connectivity index (χ2n) is 4.93. The van der Waals surface area contributed by atoms with Crippen LogP contribution in [0.2, 0.25) is 4.34 Å². The Bertz CT molecular complexity index is 653. The number of carbonyl (C=O) groups excluding carboxylic acids is 1. The standard InChI is InChI=1S/C15H15ClN2OS/c1-18-8-2-3-10-9-11(4-5-12(10)18)17-15(19)13-6-7-14(16)20-13/h4-7,9H,2-3,8H2,1H3,(H,17,19).